The summed E-state index contributed by atoms with van der Waals surface area (Å²) in [6.07, 6.45) is 0.609. The fourth-order valence-electron chi connectivity index (χ4n) is 3.06. The molecule has 1 saturated carbocycles. The summed E-state index contributed by atoms with van der Waals surface area (Å²) < 4.78 is 26.3. The number of hydrogen-bond acceptors (Lipinski definition) is 2. The molecule has 2 amide bonds. The first-order chi connectivity index (χ1) is 10.3. The van der Waals surface area contributed by atoms with Crippen molar-refractivity contribution in [2.24, 2.45) is 5.92 Å². The van der Waals surface area contributed by atoms with Crippen molar-refractivity contribution in [2.45, 2.75) is 31.7 Å². The molecule has 2 atom stereocenters. The Morgan fingerprint density at radius 3 is 2.73 bits per heavy atom. The van der Waals surface area contributed by atoms with Crippen molar-refractivity contribution < 1.29 is 18.4 Å². The van der Waals surface area contributed by atoms with Crippen LogP contribution < -0.4 is 5.32 Å². The van der Waals surface area contributed by atoms with E-state index in [9.17, 15) is 18.4 Å². The first-order valence-electron chi connectivity index (χ1n) is 7.37. The van der Waals surface area contributed by atoms with Gasteiger partial charge in [0.15, 0.2) is 11.6 Å². The predicted molar refractivity (Wildman–Crippen MR) is 76.0 cm³/mol. The minimum absolute atomic E-state index is 0.0883. The second-order valence-corrected chi connectivity index (χ2v) is 6.43. The summed E-state index contributed by atoms with van der Waals surface area (Å²) in [5.74, 6) is -2.39. The van der Waals surface area contributed by atoms with Crippen LogP contribution in [0.2, 0.25) is 0 Å². The van der Waals surface area contributed by atoms with Gasteiger partial charge in [-0.25, -0.2) is 8.78 Å². The van der Waals surface area contributed by atoms with Crippen LogP contribution in [0, 0.1) is 17.6 Å². The average Bonchev–Trinajstić information content (AvgIpc) is 3.24. The van der Waals surface area contributed by atoms with Gasteiger partial charge in [-0.1, -0.05) is 6.07 Å². The predicted octanol–water partition coefficient (Wildman–Crippen LogP) is 1.81. The molecule has 0 unspecified atom stereocenters. The summed E-state index contributed by atoms with van der Waals surface area (Å²) in [5.41, 5.74) is -0.243. The Morgan fingerprint density at radius 1 is 1.32 bits per heavy atom. The highest BCUT2D eigenvalue weighted by Gasteiger charge is 2.50. The van der Waals surface area contributed by atoms with Crippen molar-refractivity contribution in [3.05, 3.63) is 35.4 Å². The molecule has 0 bridgehead atoms. The van der Waals surface area contributed by atoms with E-state index in [1.807, 2.05) is 0 Å². The molecule has 118 valence electrons. The van der Waals surface area contributed by atoms with Crippen LogP contribution in [0.4, 0.5) is 8.78 Å². The first kappa shape index (κ1) is 14.9. The maximum absolute atomic E-state index is 13.3. The Labute approximate surface area is 127 Å². The molecule has 1 aromatic carbocycles. The van der Waals surface area contributed by atoms with Crippen molar-refractivity contribution >= 4 is 11.8 Å². The third-order valence-corrected chi connectivity index (χ3v) is 4.60. The van der Waals surface area contributed by atoms with Crippen LogP contribution in [0.15, 0.2) is 18.2 Å². The number of nitrogens with zero attached hydrogens (tertiary/aromatic N) is 1. The van der Waals surface area contributed by atoms with Gasteiger partial charge in [-0.15, -0.1) is 0 Å². The third kappa shape index (κ3) is 2.36. The van der Waals surface area contributed by atoms with E-state index in [2.05, 4.69) is 5.32 Å². The molecule has 2 aliphatic rings. The SMILES string of the molecule is CC1(C)C(=O)NCCN1C(=O)[C@@H]1C[C@@H]1c1ccc(F)c(F)c1. The molecular formula is C16H18F2N2O2. The minimum Gasteiger partial charge on any atom is -0.352 e. The number of carbonyl (C=O) groups is 2. The maximum atomic E-state index is 13.3. The number of hydrogen-bond donors (Lipinski definition) is 1. The summed E-state index contributed by atoms with van der Waals surface area (Å²) in [6, 6.07) is 3.76. The molecule has 0 spiro atoms. The van der Waals surface area contributed by atoms with Gasteiger partial charge in [0.1, 0.15) is 5.54 Å². The molecule has 22 heavy (non-hydrogen) atoms. The van der Waals surface area contributed by atoms with E-state index < -0.39 is 17.2 Å². The highest BCUT2D eigenvalue weighted by atomic mass is 19.2. The van der Waals surface area contributed by atoms with Gasteiger partial charge in [0.2, 0.25) is 11.8 Å². The molecule has 1 N–H and O–H groups in total. The largest absolute Gasteiger partial charge is 0.352 e. The molecule has 1 aliphatic carbocycles. The van der Waals surface area contributed by atoms with E-state index in [-0.39, 0.29) is 23.7 Å². The fourth-order valence-corrected chi connectivity index (χ4v) is 3.06. The van der Waals surface area contributed by atoms with Gasteiger partial charge in [-0.2, -0.15) is 0 Å². The number of piperazine rings is 1. The summed E-state index contributed by atoms with van der Waals surface area (Å²) in [7, 11) is 0. The Morgan fingerprint density at radius 2 is 2.05 bits per heavy atom. The van der Waals surface area contributed by atoms with E-state index in [1.54, 1.807) is 18.7 Å². The van der Waals surface area contributed by atoms with E-state index in [0.29, 0.717) is 25.1 Å². The van der Waals surface area contributed by atoms with E-state index in [4.69, 9.17) is 0 Å². The molecule has 0 radical (unpaired) electrons. The topological polar surface area (TPSA) is 49.4 Å². The van der Waals surface area contributed by atoms with Crippen LogP contribution in [-0.4, -0.2) is 35.3 Å². The van der Waals surface area contributed by atoms with Crippen molar-refractivity contribution in [2.75, 3.05) is 13.1 Å². The smallest absolute Gasteiger partial charge is 0.245 e. The van der Waals surface area contributed by atoms with Gasteiger partial charge >= 0.3 is 0 Å². The van der Waals surface area contributed by atoms with Crippen LogP contribution in [0.25, 0.3) is 0 Å². The second kappa shape index (κ2) is 5.04. The molecule has 1 aromatic rings. The molecule has 4 nitrogen and oxygen atoms in total. The zero-order valence-corrected chi connectivity index (χ0v) is 12.5. The number of nitrogens with one attached hydrogen (secondary N) is 1. The Kier molecular flexibility index (Phi) is 3.42. The number of carbonyl (C=O) groups excluding carboxylic acids is 2. The maximum Gasteiger partial charge on any atom is 0.245 e. The highest BCUT2D eigenvalue weighted by molar-refractivity contribution is 5.93. The molecule has 2 fully saturated rings. The summed E-state index contributed by atoms with van der Waals surface area (Å²) in [5, 5.41) is 2.75. The summed E-state index contributed by atoms with van der Waals surface area (Å²) in [4.78, 5) is 26.1. The average molecular weight is 308 g/mol. The van der Waals surface area contributed by atoms with Gasteiger partial charge in [-0.3, -0.25) is 9.59 Å². The number of rotatable bonds is 2. The highest BCUT2D eigenvalue weighted by Crippen LogP contribution is 2.49. The second-order valence-electron chi connectivity index (χ2n) is 6.43. The molecule has 1 aliphatic heterocycles. The van der Waals surface area contributed by atoms with Crippen molar-refractivity contribution in [3.63, 3.8) is 0 Å². The van der Waals surface area contributed by atoms with Gasteiger partial charge in [-0.05, 0) is 43.9 Å². The summed E-state index contributed by atoms with van der Waals surface area (Å²) in [6.45, 7) is 4.35. The molecule has 0 aromatic heterocycles. The van der Waals surface area contributed by atoms with Crippen molar-refractivity contribution in [3.8, 4) is 0 Å². The number of amides is 2. The molecule has 3 rings (SSSR count). The monoisotopic (exact) mass is 308 g/mol. The standard InChI is InChI=1S/C16H18F2N2O2/c1-16(2)15(22)19-5-6-20(16)14(21)11-8-10(11)9-3-4-12(17)13(18)7-9/h3-4,7,10-11H,5-6,8H2,1-2H3,(H,19,22)/t10-,11-/m1/s1. The zero-order chi connectivity index (χ0) is 16.1. The van der Waals surface area contributed by atoms with Crippen molar-refractivity contribution in [1.29, 1.82) is 0 Å². The number of halogens is 2. The van der Waals surface area contributed by atoms with Crippen molar-refractivity contribution in [1.82, 2.24) is 10.2 Å². The van der Waals surface area contributed by atoms with Crippen LogP contribution in [-0.2, 0) is 9.59 Å². The molecule has 1 saturated heterocycles. The lowest BCUT2D eigenvalue weighted by Gasteiger charge is -2.41. The quantitative estimate of drug-likeness (QED) is 0.906. The van der Waals surface area contributed by atoms with Gasteiger partial charge in [0.05, 0.1) is 0 Å². The van der Waals surface area contributed by atoms with Crippen LogP contribution in [0.1, 0.15) is 31.7 Å². The molecule has 1 heterocycles. The summed E-state index contributed by atoms with van der Waals surface area (Å²) >= 11 is 0. The van der Waals surface area contributed by atoms with Gasteiger partial charge in [0.25, 0.3) is 0 Å². The lowest BCUT2D eigenvalue weighted by Crippen LogP contribution is -2.63. The molecule has 6 heteroatoms. The Bertz CT molecular complexity index is 645. The van der Waals surface area contributed by atoms with Gasteiger partial charge < -0.3 is 10.2 Å². The van der Waals surface area contributed by atoms with E-state index in [1.165, 1.54) is 6.07 Å². The molecular weight excluding hydrogens is 290 g/mol. The Hall–Kier alpha value is -1.98. The zero-order valence-electron chi connectivity index (χ0n) is 12.5. The van der Waals surface area contributed by atoms with Crippen LogP contribution >= 0.6 is 0 Å². The van der Waals surface area contributed by atoms with Gasteiger partial charge in [0, 0.05) is 19.0 Å². The lowest BCUT2D eigenvalue weighted by atomic mass is 9.97. The lowest BCUT2D eigenvalue weighted by molar-refractivity contribution is -0.150. The van der Waals surface area contributed by atoms with E-state index in [0.717, 1.165) is 12.1 Å². The third-order valence-electron chi connectivity index (χ3n) is 4.60. The Balaban J connectivity index is 1.75. The number of benzene rings is 1. The normalized spacial score (nSPS) is 26.5. The fraction of sp³-hybridized carbons (Fsp3) is 0.500. The van der Waals surface area contributed by atoms with Crippen LogP contribution in [0.5, 0.6) is 0 Å². The van der Waals surface area contributed by atoms with E-state index >= 15 is 0 Å². The van der Waals surface area contributed by atoms with Crippen LogP contribution in [0.3, 0.4) is 0 Å². The first-order valence-corrected chi connectivity index (χ1v) is 7.37. The minimum atomic E-state index is -0.895.